The molecule has 0 aliphatic heterocycles. The Morgan fingerprint density at radius 2 is 1.63 bits per heavy atom. The highest BCUT2D eigenvalue weighted by molar-refractivity contribution is 8.12. The van der Waals surface area contributed by atoms with Gasteiger partial charge in [-0.3, -0.25) is 5.84 Å². The molecule has 2 rings (SSSR count). The van der Waals surface area contributed by atoms with Crippen molar-refractivity contribution in [2.24, 2.45) is 11.7 Å². The van der Waals surface area contributed by atoms with Crippen LogP contribution >= 0.6 is 11.8 Å². The summed E-state index contributed by atoms with van der Waals surface area (Å²) in [5.41, 5.74) is 6.16. The molecule has 98 valence electrons. The smallest absolute Gasteiger partial charge is 0.275 e. The van der Waals surface area contributed by atoms with Crippen molar-refractivity contribution < 1.29 is 5.10 Å². The molecule has 0 spiro atoms. The third-order valence-electron chi connectivity index (χ3n) is 2.71. The van der Waals surface area contributed by atoms with Gasteiger partial charge in [-0.1, -0.05) is 54.6 Å². The Labute approximate surface area is 116 Å². The number of hydrogen-bond acceptors (Lipinski definition) is 3. The number of nitrogens with one attached hydrogen (secondary N) is 2. The van der Waals surface area contributed by atoms with Crippen molar-refractivity contribution >= 4 is 16.9 Å². The van der Waals surface area contributed by atoms with Gasteiger partial charge in [0.1, 0.15) is 0 Å². The SMILES string of the molecule is NN/C(=[NH+]\N)SCc1ccc(-c2ccccc2)cc1. The van der Waals surface area contributed by atoms with Crippen molar-refractivity contribution in [3.63, 3.8) is 0 Å². The molecule has 0 saturated carbocycles. The van der Waals surface area contributed by atoms with Gasteiger partial charge in [0.15, 0.2) is 0 Å². The Kier molecular flexibility index (Phi) is 4.83. The van der Waals surface area contributed by atoms with Crippen LogP contribution in [0.1, 0.15) is 5.56 Å². The fourth-order valence-corrected chi connectivity index (χ4v) is 2.37. The van der Waals surface area contributed by atoms with Crippen molar-refractivity contribution in [2.45, 2.75) is 5.75 Å². The van der Waals surface area contributed by atoms with E-state index in [1.165, 1.54) is 28.5 Å². The maximum absolute atomic E-state index is 5.30. The van der Waals surface area contributed by atoms with Crippen molar-refractivity contribution in [1.29, 1.82) is 0 Å². The lowest BCUT2D eigenvalue weighted by Crippen LogP contribution is -2.82. The van der Waals surface area contributed by atoms with Crippen LogP contribution < -0.4 is 22.2 Å². The fourth-order valence-electron chi connectivity index (χ4n) is 1.70. The predicted octanol–water partition coefficient (Wildman–Crippen LogP) is 0.360. The molecule has 0 aliphatic rings. The van der Waals surface area contributed by atoms with Gasteiger partial charge in [0.2, 0.25) is 0 Å². The summed E-state index contributed by atoms with van der Waals surface area (Å²) in [6.07, 6.45) is 0. The maximum Gasteiger partial charge on any atom is 0.345 e. The van der Waals surface area contributed by atoms with Crippen molar-refractivity contribution in [1.82, 2.24) is 5.43 Å². The maximum atomic E-state index is 5.30. The van der Waals surface area contributed by atoms with Crippen LogP contribution in [-0.4, -0.2) is 5.17 Å². The monoisotopic (exact) mass is 273 g/mol. The van der Waals surface area contributed by atoms with Gasteiger partial charge >= 0.3 is 5.17 Å². The Hall–Kier alpha value is -1.98. The van der Waals surface area contributed by atoms with Gasteiger partial charge < -0.3 is 0 Å². The van der Waals surface area contributed by atoms with E-state index >= 15 is 0 Å². The van der Waals surface area contributed by atoms with E-state index in [0.717, 1.165) is 5.75 Å². The molecule has 2 aromatic carbocycles. The van der Waals surface area contributed by atoms with Gasteiger partial charge in [-0.2, -0.15) is 16.4 Å². The molecule has 0 heterocycles. The second-order valence-corrected chi connectivity index (χ2v) is 4.96. The van der Waals surface area contributed by atoms with E-state index in [-0.39, 0.29) is 0 Å². The van der Waals surface area contributed by atoms with Crippen LogP contribution in [-0.2, 0) is 5.75 Å². The van der Waals surface area contributed by atoms with Gasteiger partial charge in [0.05, 0.1) is 0 Å². The second-order valence-electron chi connectivity index (χ2n) is 3.97. The quantitative estimate of drug-likeness (QED) is 0.282. The summed E-state index contributed by atoms with van der Waals surface area (Å²) < 4.78 is 0. The average Bonchev–Trinajstić information content (AvgIpc) is 2.50. The lowest BCUT2D eigenvalue weighted by Gasteiger charge is -2.03. The molecule has 6 N–H and O–H groups in total. The number of nitrogens with two attached hydrogens (primary N) is 2. The van der Waals surface area contributed by atoms with Gasteiger partial charge in [-0.05, 0) is 28.5 Å². The predicted molar refractivity (Wildman–Crippen MR) is 80.7 cm³/mol. The highest BCUT2D eigenvalue weighted by atomic mass is 32.2. The van der Waals surface area contributed by atoms with E-state index in [0.29, 0.717) is 5.17 Å². The first-order chi connectivity index (χ1) is 9.33. The Morgan fingerprint density at radius 3 is 2.21 bits per heavy atom. The van der Waals surface area contributed by atoms with Gasteiger partial charge in [0.25, 0.3) is 0 Å². The average molecular weight is 273 g/mol. The summed E-state index contributed by atoms with van der Waals surface area (Å²) in [6.45, 7) is 0. The molecule has 5 heteroatoms. The molecule has 0 atom stereocenters. The Bertz CT molecular complexity index is 537. The first-order valence-electron chi connectivity index (χ1n) is 5.91. The highest BCUT2D eigenvalue weighted by Crippen LogP contribution is 2.20. The summed E-state index contributed by atoms with van der Waals surface area (Å²) in [5.74, 6) is 11.4. The molecule has 4 nitrogen and oxygen atoms in total. The van der Waals surface area contributed by atoms with E-state index in [9.17, 15) is 0 Å². The largest absolute Gasteiger partial charge is 0.345 e. The number of thioether (sulfide) groups is 1. The van der Waals surface area contributed by atoms with Gasteiger partial charge in [-0.25, -0.2) is 0 Å². The molecule has 0 radical (unpaired) electrons. The summed E-state index contributed by atoms with van der Waals surface area (Å²) in [5, 5.41) is 3.15. The van der Waals surface area contributed by atoms with E-state index in [4.69, 9.17) is 11.7 Å². The third kappa shape index (κ3) is 3.74. The molecule has 0 aromatic heterocycles. The van der Waals surface area contributed by atoms with Crippen molar-refractivity contribution in [3.8, 4) is 11.1 Å². The number of rotatable bonds is 3. The zero-order valence-corrected chi connectivity index (χ0v) is 11.3. The highest BCUT2D eigenvalue weighted by Gasteiger charge is 2.05. The lowest BCUT2D eigenvalue weighted by atomic mass is 10.0. The van der Waals surface area contributed by atoms with E-state index in [1.54, 1.807) is 0 Å². The molecule has 0 unspecified atom stereocenters. The molecule has 19 heavy (non-hydrogen) atoms. The number of benzene rings is 2. The van der Waals surface area contributed by atoms with Crippen molar-refractivity contribution in [3.05, 3.63) is 60.2 Å². The molecule has 0 saturated heterocycles. The number of hydrazone groups is 1. The summed E-state index contributed by atoms with van der Waals surface area (Å²) in [6, 6.07) is 18.8. The molecule has 0 amide bonds. The van der Waals surface area contributed by atoms with Crippen LogP contribution in [0, 0.1) is 0 Å². The summed E-state index contributed by atoms with van der Waals surface area (Å²) >= 11 is 1.52. The standard InChI is InChI=1S/C14H16N4S/c15-17-14(18-16)19-10-11-6-8-13(9-7-11)12-4-2-1-3-5-12/h1-9H,10,15-16H2,(H,17,18)/p+1. The second kappa shape index (κ2) is 6.82. The Balaban J connectivity index is 2.03. The molecular weight excluding hydrogens is 256 g/mol. The normalized spacial score (nSPS) is 11.3. The summed E-state index contributed by atoms with van der Waals surface area (Å²) in [7, 11) is 0. The topological polar surface area (TPSA) is 78.0 Å². The molecular formula is C14H17N4S+. The van der Waals surface area contributed by atoms with E-state index < -0.39 is 0 Å². The minimum Gasteiger partial charge on any atom is -0.275 e. The van der Waals surface area contributed by atoms with E-state index in [2.05, 4.69) is 46.9 Å². The minimum absolute atomic E-state index is 0.645. The molecule has 0 aliphatic carbocycles. The third-order valence-corrected chi connectivity index (χ3v) is 3.71. The lowest BCUT2D eigenvalue weighted by molar-refractivity contribution is -0.468. The minimum atomic E-state index is 0.645. The van der Waals surface area contributed by atoms with Crippen LogP contribution in [0.3, 0.4) is 0 Å². The Morgan fingerprint density at radius 1 is 1.00 bits per heavy atom. The first kappa shape index (κ1) is 13.5. The van der Waals surface area contributed by atoms with Crippen LogP contribution in [0.25, 0.3) is 11.1 Å². The van der Waals surface area contributed by atoms with Crippen LogP contribution in [0.15, 0.2) is 54.6 Å². The van der Waals surface area contributed by atoms with Gasteiger partial charge in [-0.15, -0.1) is 0 Å². The number of amidine groups is 1. The number of hydrogen-bond donors (Lipinski definition) is 4. The fraction of sp³-hybridized carbons (Fsp3) is 0.0714. The van der Waals surface area contributed by atoms with Crippen LogP contribution in [0.4, 0.5) is 0 Å². The zero-order valence-electron chi connectivity index (χ0n) is 10.5. The van der Waals surface area contributed by atoms with Gasteiger partial charge in [0, 0.05) is 5.75 Å². The number of hydrazine groups is 2. The summed E-state index contributed by atoms with van der Waals surface area (Å²) in [4.78, 5) is 0. The molecule has 0 fully saturated rings. The molecule has 0 bridgehead atoms. The van der Waals surface area contributed by atoms with Crippen LogP contribution in [0.2, 0.25) is 0 Å². The van der Waals surface area contributed by atoms with Crippen LogP contribution in [0.5, 0.6) is 0 Å². The zero-order chi connectivity index (χ0) is 13.5. The van der Waals surface area contributed by atoms with Crippen molar-refractivity contribution in [2.75, 3.05) is 0 Å². The first-order valence-corrected chi connectivity index (χ1v) is 6.89. The molecule has 2 aromatic rings. The van der Waals surface area contributed by atoms with E-state index in [1.807, 2.05) is 18.2 Å².